The molecule has 0 saturated carbocycles. The molecule has 0 bridgehead atoms. The van der Waals surface area contributed by atoms with Gasteiger partial charge >= 0.3 is 0 Å². The minimum absolute atomic E-state index is 0.136. The average molecular weight is 398 g/mol. The van der Waals surface area contributed by atoms with Crippen LogP contribution in [0.25, 0.3) is 0 Å². The summed E-state index contributed by atoms with van der Waals surface area (Å²) in [7, 11) is -3.05. The van der Waals surface area contributed by atoms with Crippen LogP contribution in [0.1, 0.15) is 38.0 Å². The maximum atomic E-state index is 11.9. The van der Waals surface area contributed by atoms with Crippen LogP contribution in [0.15, 0.2) is 27.8 Å². The van der Waals surface area contributed by atoms with Crippen LogP contribution in [-0.4, -0.2) is 75.1 Å². The van der Waals surface area contributed by atoms with Gasteiger partial charge in [0.2, 0.25) is 10.0 Å². The average Bonchev–Trinajstić information content (AvgIpc) is 3.38. The van der Waals surface area contributed by atoms with Crippen molar-refractivity contribution in [2.24, 2.45) is 4.99 Å². The third-order valence-electron chi connectivity index (χ3n) is 5.08. The first kappa shape index (κ1) is 20.2. The Balaban J connectivity index is 1.58. The predicted molar refractivity (Wildman–Crippen MR) is 106 cm³/mol. The van der Waals surface area contributed by atoms with Crippen molar-refractivity contribution in [2.75, 3.05) is 51.6 Å². The van der Waals surface area contributed by atoms with Gasteiger partial charge in [0, 0.05) is 26.2 Å². The highest BCUT2D eigenvalue weighted by Gasteiger charge is 2.28. The second-order valence-corrected chi connectivity index (χ2v) is 9.08. The van der Waals surface area contributed by atoms with Crippen LogP contribution in [0.5, 0.6) is 0 Å². The molecule has 0 amide bonds. The molecule has 3 rings (SSSR count). The highest BCUT2D eigenvalue weighted by molar-refractivity contribution is 7.89. The summed E-state index contributed by atoms with van der Waals surface area (Å²) in [5.41, 5.74) is 0. The van der Waals surface area contributed by atoms with Gasteiger partial charge < -0.3 is 15.1 Å². The lowest BCUT2D eigenvalue weighted by molar-refractivity contribution is 0.221. The lowest BCUT2D eigenvalue weighted by atomic mass is 10.2. The van der Waals surface area contributed by atoms with Gasteiger partial charge in [-0.25, -0.2) is 12.7 Å². The lowest BCUT2D eigenvalue weighted by Gasteiger charge is -2.24. The van der Waals surface area contributed by atoms with Crippen molar-refractivity contribution in [3.63, 3.8) is 0 Å². The summed E-state index contributed by atoms with van der Waals surface area (Å²) in [6, 6.07) is 4.07. The molecule has 2 aliphatic rings. The summed E-state index contributed by atoms with van der Waals surface area (Å²) in [4.78, 5) is 7.16. The molecular formula is C18H31N5O3S. The quantitative estimate of drug-likeness (QED) is 0.503. The van der Waals surface area contributed by atoms with E-state index in [4.69, 9.17) is 9.41 Å². The van der Waals surface area contributed by atoms with Gasteiger partial charge in [-0.15, -0.1) is 0 Å². The summed E-state index contributed by atoms with van der Waals surface area (Å²) in [6.45, 7) is 7.14. The standard InChI is InChI=1S/C18H31N5O3S/c1-2-19-18(20-8-12-23-11-6-14-27(23,24)25)21-15-16(17-7-5-13-26-17)22-9-3-4-10-22/h5,7,13,16H,2-4,6,8-12,14-15H2,1H3,(H2,19,20,21). The number of guanidine groups is 1. The minimum Gasteiger partial charge on any atom is -0.468 e. The molecule has 0 aromatic carbocycles. The van der Waals surface area contributed by atoms with Crippen molar-refractivity contribution in [3.05, 3.63) is 24.2 Å². The highest BCUT2D eigenvalue weighted by Crippen LogP contribution is 2.25. The van der Waals surface area contributed by atoms with Gasteiger partial charge in [0.1, 0.15) is 5.76 Å². The molecule has 2 N–H and O–H groups in total. The van der Waals surface area contributed by atoms with E-state index in [1.807, 2.05) is 19.1 Å². The Bertz CT molecular complexity index is 699. The molecule has 2 aliphatic heterocycles. The van der Waals surface area contributed by atoms with E-state index >= 15 is 0 Å². The molecular weight excluding hydrogens is 366 g/mol. The lowest BCUT2D eigenvalue weighted by Crippen LogP contribution is -2.42. The molecule has 152 valence electrons. The summed E-state index contributed by atoms with van der Waals surface area (Å²) < 4.78 is 31.0. The molecule has 0 radical (unpaired) electrons. The first-order valence-corrected chi connectivity index (χ1v) is 11.5. The van der Waals surface area contributed by atoms with E-state index in [0.717, 1.165) is 31.8 Å². The normalized spacial score (nSPS) is 22.2. The van der Waals surface area contributed by atoms with Crippen molar-refractivity contribution in [3.8, 4) is 0 Å². The van der Waals surface area contributed by atoms with Gasteiger partial charge in [0.15, 0.2) is 5.96 Å². The maximum Gasteiger partial charge on any atom is 0.214 e. The number of nitrogens with zero attached hydrogens (tertiary/aromatic N) is 3. The van der Waals surface area contributed by atoms with E-state index in [-0.39, 0.29) is 11.8 Å². The summed E-state index contributed by atoms with van der Waals surface area (Å²) in [5, 5.41) is 6.50. The number of rotatable bonds is 8. The van der Waals surface area contributed by atoms with Crippen molar-refractivity contribution in [1.82, 2.24) is 19.8 Å². The summed E-state index contributed by atoms with van der Waals surface area (Å²) >= 11 is 0. The smallest absolute Gasteiger partial charge is 0.214 e. The first-order valence-electron chi connectivity index (χ1n) is 9.87. The third kappa shape index (κ3) is 5.46. The van der Waals surface area contributed by atoms with Crippen LogP contribution in [0, 0.1) is 0 Å². The molecule has 8 nitrogen and oxygen atoms in total. The number of sulfonamides is 1. The van der Waals surface area contributed by atoms with Crippen LogP contribution in [0.3, 0.4) is 0 Å². The highest BCUT2D eigenvalue weighted by atomic mass is 32.2. The Labute approximate surface area is 162 Å². The largest absolute Gasteiger partial charge is 0.468 e. The molecule has 0 aliphatic carbocycles. The molecule has 1 atom stereocenters. The van der Waals surface area contributed by atoms with Gasteiger partial charge in [0.25, 0.3) is 0 Å². The van der Waals surface area contributed by atoms with Crippen LogP contribution in [0.4, 0.5) is 0 Å². The van der Waals surface area contributed by atoms with Crippen molar-refractivity contribution in [2.45, 2.75) is 32.2 Å². The van der Waals surface area contributed by atoms with E-state index in [9.17, 15) is 8.42 Å². The number of likely N-dealkylation sites (tertiary alicyclic amines) is 1. The number of furan rings is 1. The Morgan fingerprint density at radius 3 is 2.70 bits per heavy atom. The van der Waals surface area contributed by atoms with Gasteiger partial charge in [0.05, 0.1) is 24.6 Å². The Morgan fingerprint density at radius 2 is 2.07 bits per heavy atom. The van der Waals surface area contributed by atoms with Crippen molar-refractivity contribution >= 4 is 16.0 Å². The number of nitrogens with one attached hydrogen (secondary N) is 2. The molecule has 2 fully saturated rings. The molecule has 9 heteroatoms. The zero-order valence-corrected chi connectivity index (χ0v) is 16.9. The minimum atomic E-state index is -3.05. The molecule has 1 aromatic heterocycles. The second kappa shape index (κ2) is 9.57. The van der Waals surface area contributed by atoms with Gasteiger partial charge in [-0.3, -0.25) is 9.89 Å². The second-order valence-electron chi connectivity index (χ2n) is 6.99. The van der Waals surface area contributed by atoms with E-state index in [1.54, 1.807) is 10.6 Å². The van der Waals surface area contributed by atoms with E-state index < -0.39 is 10.0 Å². The zero-order valence-electron chi connectivity index (χ0n) is 16.1. The maximum absolute atomic E-state index is 11.9. The Kier molecular flexibility index (Phi) is 7.14. The van der Waals surface area contributed by atoms with Gasteiger partial charge in [-0.1, -0.05) is 0 Å². The summed E-state index contributed by atoms with van der Waals surface area (Å²) in [6.07, 6.45) is 4.85. The number of hydrogen-bond donors (Lipinski definition) is 2. The van der Waals surface area contributed by atoms with E-state index in [1.165, 1.54) is 12.8 Å². The van der Waals surface area contributed by atoms with E-state index in [2.05, 4.69) is 15.5 Å². The van der Waals surface area contributed by atoms with Crippen molar-refractivity contribution < 1.29 is 12.8 Å². The predicted octanol–water partition coefficient (Wildman–Crippen LogP) is 1.01. The van der Waals surface area contributed by atoms with Crippen LogP contribution in [-0.2, 0) is 10.0 Å². The Morgan fingerprint density at radius 1 is 1.26 bits per heavy atom. The number of aliphatic imine (C=N–C) groups is 1. The molecule has 3 heterocycles. The van der Waals surface area contributed by atoms with E-state index in [0.29, 0.717) is 32.1 Å². The SMILES string of the molecule is CCNC(=NCC(c1ccco1)N1CCCC1)NCCN1CCCS1(=O)=O. The van der Waals surface area contributed by atoms with Crippen LogP contribution in [0.2, 0.25) is 0 Å². The molecule has 0 spiro atoms. The first-order chi connectivity index (χ1) is 13.1. The van der Waals surface area contributed by atoms with Gasteiger partial charge in [-0.2, -0.15) is 0 Å². The number of hydrogen-bond acceptors (Lipinski definition) is 5. The molecule has 2 saturated heterocycles. The zero-order chi connectivity index (χ0) is 19.1. The summed E-state index contributed by atoms with van der Waals surface area (Å²) in [5.74, 6) is 1.92. The van der Waals surface area contributed by atoms with Crippen LogP contribution >= 0.6 is 0 Å². The topological polar surface area (TPSA) is 90.2 Å². The fourth-order valence-corrected chi connectivity index (χ4v) is 5.21. The third-order valence-corrected chi connectivity index (χ3v) is 7.03. The van der Waals surface area contributed by atoms with Crippen LogP contribution < -0.4 is 10.6 Å². The van der Waals surface area contributed by atoms with Gasteiger partial charge in [-0.05, 0) is 51.4 Å². The fraction of sp³-hybridized carbons (Fsp3) is 0.722. The fourth-order valence-electron chi connectivity index (χ4n) is 3.68. The molecule has 1 unspecified atom stereocenters. The Hall–Kier alpha value is -1.58. The molecule has 1 aromatic rings. The monoisotopic (exact) mass is 397 g/mol. The molecule has 27 heavy (non-hydrogen) atoms. The van der Waals surface area contributed by atoms with Crippen molar-refractivity contribution in [1.29, 1.82) is 0 Å².